The Kier molecular flexibility index (Phi) is 6.83. The van der Waals surface area contributed by atoms with Crippen molar-refractivity contribution >= 4 is 17.6 Å². The van der Waals surface area contributed by atoms with Crippen LogP contribution in [0, 0.1) is 0 Å². The highest BCUT2D eigenvalue weighted by atomic mass is 19.4. The first kappa shape index (κ1) is 19.6. The first-order valence-electron chi connectivity index (χ1n) is 6.50. The van der Waals surface area contributed by atoms with Gasteiger partial charge < -0.3 is 24.3 Å². The second-order valence-corrected chi connectivity index (χ2v) is 4.40. The Morgan fingerprint density at radius 3 is 2.17 bits per heavy atom. The van der Waals surface area contributed by atoms with Crippen LogP contribution in [0.2, 0.25) is 0 Å². The van der Waals surface area contributed by atoms with Crippen molar-refractivity contribution in [1.29, 1.82) is 0 Å². The highest BCUT2D eigenvalue weighted by Gasteiger charge is 2.28. The number of amides is 1. The summed E-state index contributed by atoms with van der Waals surface area (Å²) in [6.45, 7) is -2.40. The van der Waals surface area contributed by atoms with E-state index in [1.165, 1.54) is 26.4 Å². The van der Waals surface area contributed by atoms with Gasteiger partial charge in [0.1, 0.15) is 13.2 Å². The van der Waals surface area contributed by atoms with Gasteiger partial charge in [0.2, 0.25) is 5.91 Å². The number of alkyl halides is 3. The molecule has 0 saturated carbocycles. The van der Waals surface area contributed by atoms with Crippen molar-refractivity contribution in [3.05, 3.63) is 17.7 Å². The van der Waals surface area contributed by atoms with Crippen LogP contribution in [0.15, 0.2) is 12.1 Å². The zero-order valence-corrected chi connectivity index (χ0v) is 13.2. The number of nitrogens with one attached hydrogen (secondary N) is 1. The molecule has 0 spiro atoms. The Hall–Kier alpha value is -2.49. The summed E-state index contributed by atoms with van der Waals surface area (Å²) < 4.78 is 54.9. The minimum absolute atomic E-state index is 0.0138. The number of anilines is 1. The third kappa shape index (κ3) is 5.61. The van der Waals surface area contributed by atoms with Gasteiger partial charge in [0.05, 0.1) is 32.6 Å². The van der Waals surface area contributed by atoms with Crippen LogP contribution in [0.25, 0.3) is 0 Å². The van der Waals surface area contributed by atoms with Gasteiger partial charge in [-0.25, -0.2) is 4.79 Å². The van der Waals surface area contributed by atoms with E-state index in [0.29, 0.717) is 0 Å². The van der Waals surface area contributed by atoms with Gasteiger partial charge in [-0.15, -0.1) is 0 Å². The second kappa shape index (κ2) is 8.39. The summed E-state index contributed by atoms with van der Waals surface area (Å²) in [6, 6.07) is 2.56. The zero-order valence-electron chi connectivity index (χ0n) is 13.2. The fourth-order valence-corrected chi connectivity index (χ4v) is 1.71. The molecule has 0 aromatic heterocycles. The van der Waals surface area contributed by atoms with Gasteiger partial charge in [-0.1, -0.05) is 0 Å². The molecule has 0 heterocycles. The molecule has 134 valence electrons. The number of benzene rings is 1. The molecule has 0 aliphatic rings. The number of carbonyl (C=O) groups excluding carboxylic acids is 2. The van der Waals surface area contributed by atoms with E-state index in [9.17, 15) is 22.8 Å². The smallest absolute Gasteiger partial charge is 0.411 e. The van der Waals surface area contributed by atoms with E-state index >= 15 is 0 Å². The van der Waals surface area contributed by atoms with E-state index in [1.54, 1.807) is 0 Å². The molecule has 0 unspecified atom stereocenters. The number of hydrogen-bond donors (Lipinski definition) is 1. The molecule has 24 heavy (non-hydrogen) atoms. The van der Waals surface area contributed by atoms with Crippen LogP contribution >= 0.6 is 0 Å². The lowest BCUT2D eigenvalue weighted by Crippen LogP contribution is -2.24. The third-order valence-corrected chi connectivity index (χ3v) is 2.70. The summed E-state index contributed by atoms with van der Waals surface area (Å²) in [5, 5.41) is 2.27. The lowest BCUT2D eigenvalue weighted by molar-refractivity contribution is -0.174. The Balaban J connectivity index is 2.95. The molecular weight excluding hydrogens is 335 g/mol. The summed E-state index contributed by atoms with van der Waals surface area (Å²) in [7, 11) is 3.83. The molecular formula is C14H16F3NO6. The van der Waals surface area contributed by atoms with E-state index in [-0.39, 0.29) is 22.7 Å². The Morgan fingerprint density at radius 2 is 1.67 bits per heavy atom. The van der Waals surface area contributed by atoms with E-state index in [4.69, 9.17) is 9.47 Å². The lowest BCUT2D eigenvalue weighted by Gasteiger charge is -2.15. The molecule has 1 N–H and O–H groups in total. The zero-order chi connectivity index (χ0) is 18.3. The maximum atomic E-state index is 12.0. The molecule has 0 aliphatic heterocycles. The van der Waals surface area contributed by atoms with E-state index in [2.05, 4.69) is 14.8 Å². The predicted octanol–water partition coefficient (Wildman–Crippen LogP) is 2.01. The van der Waals surface area contributed by atoms with Crippen molar-refractivity contribution in [3.63, 3.8) is 0 Å². The topological polar surface area (TPSA) is 83.1 Å². The Labute approximate surface area is 135 Å². The maximum absolute atomic E-state index is 12.0. The summed E-state index contributed by atoms with van der Waals surface area (Å²) in [5.74, 6) is -1.24. The van der Waals surface area contributed by atoms with Gasteiger partial charge in [-0.3, -0.25) is 4.79 Å². The largest absolute Gasteiger partial charge is 0.493 e. The quantitative estimate of drug-likeness (QED) is 0.757. The van der Waals surface area contributed by atoms with Crippen molar-refractivity contribution in [2.75, 3.05) is 39.9 Å². The fraction of sp³-hybridized carbons (Fsp3) is 0.429. The van der Waals surface area contributed by atoms with Crippen molar-refractivity contribution < 1.29 is 41.7 Å². The normalized spacial score (nSPS) is 10.9. The maximum Gasteiger partial charge on any atom is 0.411 e. The first-order valence-corrected chi connectivity index (χ1v) is 6.50. The van der Waals surface area contributed by atoms with Gasteiger partial charge in [-0.05, 0) is 0 Å². The van der Waals surface area contributed by atoms with E-state index in [1.807, 2.05) is 0 Å². The monoisotopic (exact) mass is 351 g/mol. The van der Waals surface area contributed by atoms with Crippen LogP contribution in [0.4, 0.5) is 18.9 Å². The van der Waals surface area contributed by atoms with Crippen LogP contribution in [-0.2, 0) is 14.3 Å². The van der Waals surface area contributed by atoms with Crippen molar-refractivity contribution in [1.82, 2.24) is 0 Å². The summed E-state index contributed by atoms with van der Waals surface area (Å²) >= 11 is 0. The highest BCUT2D eigenvalue weighted by molar-refractivity contribution is 6.02. The second-order valence-electron chi connectivity index (χ2n) is 4.40. The first-order chi connectivity index (χ1) is 11.2. The molecule has 1 aromatic carbocycles. The minimum atomic E-state index is -4.54. The third-order valence-electron chi connectivity index (χ3n) is 2.70. The molecule has 1 amide bonds. The summed E-state index contributed by atoms with van der Waals surface area (Å²) in [4.78, 5) is 23.5. The summed E-state index contributed by atoms with van der Waals surface area (Å²) in [6.07, 6.45) is -4.54. The highest BCUT2D eigenvalue weighted by Crippen LogP contribution is 2.33. The van der Waals surface area contributed by atoms with Crippen LogP contribution in [0.1, 0.15) is 10.4 Å². The fourth-order valence-electron chi connectivity index (χ4n) is 1.71. The van der Waals surface area contributed by atoms with Gasteiger partial charge in [0.25, 0.3) is 0 Å². The van der Waals surface area contributed by atoms with Crippen LogP contribution in [-0.4, -0.2) is 52.6 Å². The predicted molar refractivity (Wildman–Crippen MR) is 76.4 cm³/mol. The van der Waals surface area contributed by atoms with E-state index < -0.39 is 31.3 Å². The average Bonchev–Trinajstić information content (AvgIpc) is 2.52. The van der Waals surface area contributed by atoms with Crippen LogP contribution in [0.5, 0.6) is 11.5 Å². The number of esters is 1. The van der Waals surface area contributed by atoms with Crippen molar-refractivity contribution in [2.45, 2.75) is 6.18 Å². The van der Waals surface area contributed by atoms with Crippen LogP contribution in [0.3, 0.4) is 0 Å². The number of rotatable bonds is 7. The van der Waals surface area contributed by atoms with Gasteiger partial charge >= 0.3 is 12.1 Å². The molecule has 0 saturated heterocycles. The molecule has 1 rings (SSSR count). The number of carbonyl (C=O) groups is 2. The molecule has 0 aliphatic carbocycles. The van der Waals surface area contributed by atoms with Gasteiger partial charge in [0.15, 0.2) is 11.5 Å². The van der Waals surface area contributed by atoms with Crippen molar-refractivity contribution in [3.8, 4) is 11.5 Å². The number of methoxy groups -OCH3 is 3. The molecule has 10 heteroatoms. The minimum Gasteiger partial charge on any atom is -0.493 e. The molecule has 0 radical (unpaired) electrons. The Bertz CT molecular complexity index is 603. The summed E-state index contributed by atoms with van der Waals surface area (Å²) in [5.41, 5.74) is -0.0700. The molecule has 0 bridgehead atoms. The van der Waals surface area contributed by atoms with Gasteiger partial charge in [0, 0.05) is 12.1 Å². The lowest BCUT2D eigenvalue weighted by atomic mass is 10.1. The molecule has 0 fully saturated rings. The number of halogens is 3. The van der Waals surface area contributed by atoms with Crippen molar-refractivity contribution in [2.24, 2.45) is 0 Å². The molecule has 1 aromatic rings. The van der Waals surface area contributed by atoms with Gasteiger partial charge in [-0.2, -0.15) is 13.2 Å². The van der Waals surface area contributed by atoms with E-state index in [0.717, 1.165) is 7.11 Å². The SMILES string of the molecule is COC(=O)c1cc(OC)c(OC)cc1NC(=O)COCC(F)(F)F. The van der Waals surface area contributed by atoms with Crippen LogP contribution < -0.4 is 14.8 Å². The number of hydrogen-bond acceptors (Lipinski definition) is 6. The average molecular weight is 351 g/mol. The number of ether oxygens (including phenoxy) is 4. The molecule has 0 atom stereocenters. The standard InChI is InChI=1S/C14H16F3NO6/c1-21-10-4-8(13(20)23-3)9(5-11(10)22-2)18-12(19)6-24-7-14(15,16)17/h4-5H,6-7H2,1-3H3,(H,18,19). The Morgan fingerprint density at radius 1 is 1.08 bits per heavy atom. The molecule has 7 nitrogen and oxygen atoms in total.